The molecule has 8 rings (SSSR count). The highest BCUT2D eigenvalue weighted by atomic mass is 28.3. The van der Waals surface area contributed by atoms with E-state index in [4.69, 9.17) is 8.83 Å². The van der Waals surface area contributed by atoms with Crippen LogP contribution in [0.3, 0.4) is 0 Å². The van der Waals surface area contributed by atoms with E-state index >= 15 is 0 Å². The molecule has 0 amide bonds. The molecule has 2 aromatic heterocycles. The van der Waals surface area contributed by atoms with E-state index in [0.29, 0.717) is 23.7 Å². The van der Waals surface area contributed by atoms with E-state index in [9.17, 15) is 0 Å². The van der Waals surface area contributed by atoms with Crippen LogP contribution in [0.2, 0.25) is 13.1 Å². The molecule has 0 fully saturated rings. The summed E-state index contributed by atoms with van der Waals surface area (Å²) in [5, 5.41) is 0. The number of rotatable bonds is 10. The lowest BCUT2D eigenvalue weighted by molar-refractivity contribution is 0.519. The lowest BCUT2D eigenvalue weighted by atomic mass is 9.87. The zero-order valence-electron chi connectivity index (χ0n) is 38.0. The minimum atomic E-state index is -2.47. The van der Waals surface area contributed by atoms with Gasteiger partial charge in [0.1, 0.15) is 23.0 Å². The Morgan fingerprint density at radius 1 is 0.441 bits per heavy atom. The monoisotopic (exact) mass is 796 g/mol. The van der Waals surface area contributed by atoms with Crippen molar-refractivity contribution in [2.24, 2.45) is 0 Å². The van der Waals surface area contributed by atoms with Gasteiger partial charge in [-0.1, -0.05) is 129 Å². The van der Waals surface area contributed by atoms with Gasteiger partial charge in [-0.3, -0.25) is 0 Å². The molecule has 304 valence electrons. The van der Waals surface area contributed by atoms with Crippen molar-refractivity contribution in [3.8, 4) is 22.3 Å². The summed E-state index contributed by atoms with van der Waals surface area (Å²) < 4.78 is 13.2. The average molecular weight is 797 g/mol. The molecule has 0 saturated carbocycles. The number of furan rings is 2. The maximum absolute atomic E-state index is 6.62. The molecule has 3 heteroatoms. The second-order valence-electron chi connectivity index (χ2n) is 19.6. The molecule has 0 saturated heterocycles. The molecule has 0 radical (unpaired) electrons. The lowest BCUT2D eigenvalue weighted by Crippen LogP contribution is -2.42. The van der Waals surface area contributed by atoms with Crippen LogP contribution in [0.1, 0.15) is 169 Å². The summed E-state index contributed by atoms with van der Waals surface area (Å²) in [6.07, 6.45) is 5.02. The molecule has 2 nitrogen and oxygen atoms in total. The van der Waals surface area contributed by atoms with Gasteiger partial charge in [-0.25, -0.2) is 0 Å². The lowest BCUT2D eigenvalue weighted by Gasteiger charge is -2.39. The molecule has 0 aliphatic heterocycles. The van der Waals surface area contributed by atoms with E-state index in [2.05, 4.69) is 193 Å². The zero-order chi connectivity index (χ0) is 42.2. The fraction of sp³-hybridized carbons (Fsp3) is 0.357. The van der Waals surface area contributed by atoms with Crippen molar-refractivity contribution in [3.63, 3.8) is 0 Å². The van der Waals surface area contributed by atoms with E-state index < -0.39 is 8.07 Å². The number of benzene rings is 4. The molecule has 2 heterocycles. The first-order chi connectivity index (χ1) is 27.9. The number of aryl methyl sites for hydroxylation is 4. The maximum atomic E-state index is 6.62. The van der Waals surface area contributed by atoms with E-state index in [1.165, 1.54) is 89.0 Å². The molecule has 4 aromatic carbocycles. The van der Waals surface area contributed by atoms with Gasteiger partial charge in [0.15, 0.2) is 0 Å². The molecule has 2 unspecified atom stereocenters. The van der Waals surface area contributed by atoms with Crippen LogP contribution < -0.4 is 0 Å². The Morgan fingerprint density at radius 2 is 0.780 bits per heavy atom. The van der Waals surface area contributed by atoms with Gasteiger partial charge in [0.05, 0.1) is 8.07 Å². The normalized spacial score (nSPS) is 16.4. The summed E-state index contributed by atoms with van der Waals surface area (Å²) in [4.78, 5) is 0. The fourth-order valence-electron chi connectivity index (χ4n) is 10.2. The highest BCUT2D eigenvalue weighted by molar-refractivity contribution is 6.84. The molecule has 2 aliphatic rings. The summed E-state index contributed by atoms with van der Waals surface area (Å²) in [5.74, 6) is 5.63. The number of hydrogen-bond acceptors (Lipinski definition) is 2. The number of fused-ring (bicyclic) bond motifs is 2. The van der Waals surface area contributed by atoms with Crippen LogP contribution in [-0.2, 0) is 0 Å². The second kappa shape index (κ2) is 15.3. The Morgan fingerprint density at radius 3 is 1.07 bits per heavy atom. The second-order valence-corrected chi connectivity index (χ2v) is 24.4. The van der Waals surface area contributed by atoms with Crippen LogP contribution in [0.5, 0.6) is 0 Å². The highest BCUT2D eigenvalue weighted by Crippen LogP contribution is 2.59. The fourth-order valence-corrected chi connectivity index (χ4v) is 14.7. The summed E-state index contributed by atoms with van der Waals surface area (Å²) in [6, 6.07) is 33.0. The SMILES string of the molecule is Cc1ccc(C2=Cc3c(ccc(C)c3-c3cc(C(C)C)cc(C(C)C)c3)C2[Si](C)(C)C2C(c3ccc(C)o3)=Cc3c2ccc(C)c3-c2cc(C(C)C)cc(C(C)C)c2)o1. The summed E-state index contributed by atoms with van der Waals surface area (Å²) in [5.41, 5.74) is 22.1. The van der Waals surface area contributed by atoms with Gasteiger partial charge in [-0.2, -0.15) is 0 Å². The predicted octanol–water partition coefficient (Wildman–Crippen LogP) is 16.7. The van der Waals surface area contributed by atoms with Gasteiger partial charge in [0, 0.05) is 22.2 Å². The van der Waals surface area contributed by atoms with Crippen molar-refractivity contribution in [2.75, 3.05) is 0 Å². The van der Waals surface area contributed by atoms with E-state index in [-0.39, 0.29) is 11.1 Å². The Kier molecular flexibility index (Phi) is 10.6. The smallest absolute Gasteiger partial charge is 0.130 e. The van der Waals surface area contributed by atoms with Gasteiger partial charge in [-0.05, 0) is 166 Å². The third-order valence-electron chi connectivity index (χ3n) is 13.6. The average Bonchev–Trinajstić information content (AvgIpc) is 3.99. The van der Waals surface area contributed by atoms with Gasteiger partial charge in [0.2, 0.25) is 0 Å². The minimum Gasteiger partial charge on any atom is -0.462 e. The van der Waals surface area contributed by atoms with Crippen molar-refractivity contribution in [1.82, 2.24) is 0 Å². The molecule has 0 N–H and O–H groups in total. The molecular weight excluding hydrogens is 733 g/mol. The van der Waals surface area contributed by atoms with Crippen molar-refractivity contribution in [1.29, 1.82) is 0 Å². The molecule has 2 aliphatic carbocycles. The van der Waals surface area contributed by atoms with Crippen molar-refractivity contribution in [3.05, 3.63) is 164 Å². The first-order valence-electron chi connectivity index (χ1n) is 22.1. The molecular formula is C56H64O2Si. The van der Waals surface area contributed by atoms with Gasteiger partial charge >= 0.3 is 0 Å². The molecule has 6 aromatic rings. The Labute approximate surface area is 355 Å². The van der Waals surface area contributed by atoms with Gasteiger partial charge in [-0.15, -0.1) is 0 Å². The Bertz CT molecular complexity index is 2410. The summed E-state index contributed by atoms with van der Waals surface area (Å²) in [6.45, 7) is 32.5. The largest absolute Gasteiger partial charge is 0.462 e. The standard InChI is InChI=1S/C56H64O2Si/c1-31(2)39-23-40(32(3)4)26-43(25-39)53-35(9)15-19-45-47(53)29-49(51-21-17-37(11)57-51)55(45)59(13,14)56-46-20-16-36(10)54(48(46)30-50(56)52-22-18-38(12)58-52)44-27-41(33(5)6)24-42(28-44)34(7)8/h15-34,55-56H,1-14H3. The van der Waals surface area contributed by atoms with Crippen molar-refractivity contribution >= 4 is 31.4 Å². The molecule has 59 heavy (non-hydrogen) atoms. The van der Waals surface area contributed by atoms with Crippen LogP contribution in [0.25, 0.3) is 45.6 Å². The number of allylic oxidation sites excluding steroid dienone is 2. The molecule has 0 spiro atoms. The highest BCUT2D eigenvalue weighted by Gasteiger charge is 2.51. The van der Waals surface area contributed by atoms with Crippen molar-refractivity contribution < 1.29 is 8.83 Å². The minimum absolute atomic E-state index is 0.178. The quantitative estimate of drug-likeness (QED) is 0.129. The van der Waals surface area contributed by atoms with Crippen LogP contribution in [0, 0.1) is 27.7 Å². The van der Waals surface area contributed by atoms with E-state index in [1.807, 2.05) is 0 Å². The topological polar surface area (TPSA) is 26.3 Å². The Hall–Kier alpha value is -4.86. The summed E-state index contributed by atoms with van der Waals surface area (Å²) >= 11 is 0. The summed E-state index contributed by atoms with van der Waals surface area (Å²) in [7, 11) is -2.47. The third-order valence-corrected chi connectivity index (χ3v) is 17.8. The van der Waals surface area contributed by atoms with Crippen LogP contribution in [0.15, 0.2) is 93.8 Å². The van der Waals surface area contributed by atoms with Gasteiger partial charge in [0.25, 0.3) is 0 Å². The molecule has 0 bridgehead atoms. The molecule has 2 atom stereocenters. The van der Waals surface area contributed by atoms with Crippen molar-refractivity contribution in [2.45, 2.75) is 131 Å². The maximum Gasteiger partial charge on any atom is 0.130 e. The van der Waals surface area contributed by atoms with Crippen LogP contribution in [-0.4, -0.2) is 8.07 Å². The first-order valence-corrected chi connectivity index (χ1v) is 25.2. The third kappa shape index (κ3) is 7.18. The van der Waals surface area contributed by atoms with Gasteiger partial charge < -0.3 is 8.83 Å². The number of hydrogen-bond donors (Lipinski definition) is 0. The van der Waals surface area contributed by atoms with Crippen LogP contribution in [0.4, 0.5) is 0 Å². The predicted molar refractivity (Wildman–Crippen MR) is 255 cm³/mol. The van der Waals surface area contributed by atoms with E-state index in [1.54, 1.807) is 0 Å². The van der Waals surface area contributed by atoms with E-state index in [0.717, 1.165) is 23.0 Å². The zero-order valence-corrected chi connectivity index (χ0v) is 39.0. The first kappa shape index (κ1) is 40.9. The Balaban J connectivity index is 1.38. The van der Waals surface area contributed by atoms with Crippen LogP contribution >= 0.6 is 0 Å².